The highest BCUT2D eigenvalue weighted by atomic mass is 19.1. The number of hydrogen-bond donors (Lipinski definition) is 2. The predicted octanol–water partition coefficient (Wildman–Crippen LogP) is 1.26. The fourth-order valence-electron chi connectivity index (χ4n) is 2.82. The lowest BCUT2D eigenvalue weighted by molar-refractivity contribution is -0.130. The van der Waals surface area contributed by atoms with Crippen LogP contribution >= 0.6 is 0 Å². The summed E-state index contributed by atoms with van der Waals surface area (Å²) in [5.74, 6) is -1.15. The molecule has 24 heavy (non-hydrogen) atoms. The zero-order valence-electron chi connectivity index (χ0n) is 13.9. The molecule has 6 nitrogen and oxygen atoms in total. The minimum absolute atomic E-state index is 0.156. The van der Waals surface area contributed by atoms with E-state index < -0.39 is 17.3 Å². The molecule has 0 saturated carbocycles. The highest BCUT2D eigenvalue weighted by Crippen LogP contribution is 2.28. The normalized spacial score (nSPS) is 17.8. The first kappa shape index (κ1) is 18.4. The Balaban J connectivity index is 1.84. The summed E-state index contributed by atoms with van der Waals surface area (Å²) in [6.45, 7) is 2.91. The first-order valence-electron chi connectivity index (χ1n) is 7.93. The van der Waals surface area contributed by atoms with Gasteiger partial charge in [-0.25, -0.2) is 4.39 Å². The summed E-state index contributed by atoms with van der Waals surface area (Å²) in [5.41, 5.74) is -0.149. The van der Waals surface area contributed by atoms with Crippen molar-refractivity contribution >= 4 is 11.8 Å². The monoisotopic (exact) mass is 338 g/mol. The van der Waals surface area contributed by atoms with Gasteiger partial charge in [-0.2, -0.15) is 0 Å². The van der Waals surface area contributed by atoms with Crippen molar-refractivity contribution in [3.63, 3.8) is 0 Å². The van der Waals surface area contributed by atoms with Crippen molar-refractivity contribution in [1.82, 2.24) is 10.6 Å². The van der Waals surface area contributed by atoms with Crippen LogP contribution in [0.1, 0.15) is 30.1 Å². The Morgan fingerprint density at radius 2 is 1.92 bits per heavy atom. The Labute approximate surface area is 140 Å². The van der Waals surface area contributed by atoms with Gasteiger partial charge in [0.1, 0.15) is 5.82 Å². The molecule has 1 aliphatic heterocycles. The van der Waals surface area contributed by atoms with Gasteiger partial charge >= 0.3 is 0 Å². The molecule has 132 valence electrons. The summed E-state index contributed by atoms with van der Waals surface area (Å²) >= 11 is 0. The molecule has 7 heteroatoms. The predicted molar refractivity (Wildman–Crippen MR) is 86.1 cm³/mol. The van der Waals surface area contributed by atoms with Crippen LogP contribution in [0.15, 0.2) is 24.3 Å². The molecule has 2 amide bonds. The molecule has 2 N–H and O–H groups in total. The van der Waals surface area contributed by atoms with Gasteiger partial charge in [0.25, 0.3) is 5.91 Å². The summed E-state index contributed by atoms with van der Waals surface area (Å²) in [6.07, 6.45) is 1.40. The smallest absolute Gasteiger partial charge is 0.251 e. The second-order valence-corrected chi connectivity index (χ2v) is 5.86. The van der Waals surface area contributed by atoms with E-state index in [1.54, 1.807) is 7.11 Å². The number of carbonyl (C=O) groups is 2. The molecule has 1 aliphatic rings. The summed E-state index contributed by atoms with van der Waals surface area (Å²) in [5, 5.41) is 5.38. The Morgan fingerprint density at radius 3 is 2.50 bits per heavy atom. The van der Waals surface area contributed by atoms with Gasteiger partial charge in [-0.15, -0.1) is 0 Å². The molecular weight excluding hydrogens is 315 g/mol. The lowest BCUT2D eigenvalue weighted by atomic mass is 9.87. The van der Waals surface area contributed by atoms with Crippen molar-refractivity contribution in [1.29, 1.82) is 0 Å². The van der Waals surface area contributed by atoms with Crippen molar-refractivity contribution < 1.29 is 23.5 Å². The van der Waals surface area contributed by atoms with E-state index in [1.165, 1.54) is 24.3 Å². The second kappa shape index (κ2) is 8.21. The Bertz CT molecular complexity index is 570. The maximum Gasteiger partial charge on any atom is 0.251 e. The van der Waals surface area contributed by atoms with E-state index in [0.29, 0.717) is 31.6 Å². The van der Waals surface area contributed by atoms with Crippen LogP contribution in [-0.4, -0.2) is 50.3 Å². The number of methoxy groups -OCH3 is 1. The third kappa shape index (κ3) is 4.52. The number of carbonyl (C=O) groups excluding carboxylic acids is 2. The zero-order valence-corrected chi connectivity index (χ0v) is 13.9. The van der Waals surface area contributed by atoms with Gasteiger partial charge in [0.05, 0.1) is 18.2 Å². The lowest BCUT2D eigenvalue weighted by Crippen LogP contribution is -2.56. The molecule has 0 spiro atoms. The number of nitrogens with one attached hydrogen (secondary N) is 2. The topological polar surface area (TPSA) is 76.7 Å². The maximum absolute atomic E-state index is 12.8. The molecule has 1 aromatic carbocycles. The van der Waals surface area contributed by atoms with Gasteiger partial charge in [0.2, 0.25) is 5.91 Å². The number of hydrogen-bond acceptors (Lipinski definition) is 4. The molecule has 0 aromatic heterocycles. The summed E-state index contributed by atoms with van der Waals surface area (Å²) < 4.78 is 23.8. The zero-order chi connectivity index (χ0) is 17.6. The minimum Gasteiger partial charge on any atom is -0.381 e. The van der Waals surface area contributed by atoms with Crippen molar-refractivity contribution in [3.8, 4) is 0 Å². The maximum atomic E-state index is 12.8. The van der Waals surface area contributed by atoms with Crippen molar-refractivity contribution in [2.75, 3.05) is 26.9 Å². The number of benzene rings is 1. The third-order valence-electron chi connectivity index (χ3n) is 4.43. The van der Waals surface area contributed by atoms with Crippen LogP contribution in [0.3, 0.4) is 0 Å². The van der Waals surface area contributed by atoms with Gasteiger partial charge < -0.3 is 20.1 Å². The fourth-order valence-corrected chi connectivity index (χ4v) is 2.82. The fraction of sp³-hybridized carbons (Fsp3) is 0.529. The Morgan fingerprint density at radius 1 is 1.29 bits per heavy atom. The first-order valence-corrected chi connectivity index (χ1v) is 7.93. The summed E-state index contributed by atoms with van der Waals surface area (Å²) in [4.78, 5) is 24.0. The van der Waals surface area contributed by atoms with E-state index >= 15 is 0 Å². The molecule has 1 saturated heterocycles. The van der Waals surface area contributed by atoms with Crippen LogP contribution in [-0.2, 0) is 14.3 Å². The number of rotatable bonds is 6. The molecule has 1 heterocycles. The largest absolute Gasteiger partial charge is 0.381 e. The van der Waals surface area contributed by atoms with Crippen LogP contribution in [0, 0.1) is 5.82 Å². The molecule has 0 bridgehead atoms. The van der Waals surface area contributed by atoms with Gasteiger partial charge in [0.15, 0.2) is 0 Å². The van der Waals surface area contributed by atoms with Crippen LogP contribution in [0.25, 0.3) is 0 Å². The van der Waals surface area contributed by atoms with Crippen LogP contribution < -0.4 is 10.6 Å². The van der Waals surface area contributed by atoms with E-state index in [-0.39, 0.29) is 18.5 Å². The van der Waals surface area contributed by atoms with Crippen LogP contribution in [0.5, 0.6) is 0 Å². The van der Waals surface area contributed by atoms with E-state index in [9.17, 15) is 14.0 Å². The van der Waals surface area contributed by atoms with Crippen LogP contribution in [0.2, 0.25) is 0 Å². The molecule has 1 atom stereocenters. The molecule has 1 fully saturated rings. The summed E-state index contributed by atoms with van der Waals surface area (Å²) in [6, 6.07) is 4.93. The third-order valence-corrected chi connectivity index (χ3v) is 4.43. The average Bonchev–Trinajstić information content (AvgIpc) is 2.60. The highest BCUT2D eigenvalue weighted by molar-refractivity contribution is 5.96. The highest BCUT2D eigenvalue weighted by Gasteiger charge is 2.38. The van der Waals surface area contributed by atoms with E-state index in [1.807, 2.05) is 6.92 Å². The van der Waals surface area contributed by atoms with Gasteiger partial charge in [-0.3, -0.25) is 9.59 Å². The number of ether oxygens (including phenoxy) is 2. The number of amides is 2. The van der Waals surface area contributed by atoms with Gasteiger partial charge in [-0.05, 0) is 31.2 Å². The molecular formula is C17H23FN2O4. The lowest BCUT2D eigenvalue weighted by Gasteiger charge is -2.41. The minimum atomic E-state index is -0.450. The van der Waals surface area contributed by atoms with E-state index in [2.05, 4.69) is 10.6 Å². The van der Waals surface area contributed by atoms with Crippen LogP contribution in [0.4, 0.5) is 4.39 Å². The molecule has 2 rings (SSSR count). The van der Waals surface area contributed by atoms with E-state index in [0.717, 1.165) is 0 Å². The van der Waals surface area contributed by atoms with Crippen molar-refractivity contribution in [3.05, 3.63) is 35.6 Å². The Hall–Kier alpha value is -1.99. The quantitative estimate of drug-likeness (QED) is 0.819. The summed E-state index contributed by atoms with van der Waals surface area (Å²) in [7, 11) is 1.63. The van der Waals surface area contributed by atoms with Crippen molar-refractivity contribution in [2.45, 2.75) is 31.4 Å². The Kier molecular flexibility index (Phi) is 6.28. The standard InChI is InChI=1S/C17H23FN2O4/c1-12(17(23-2)7-9-24-10-8-17)20-15(21)11-19-16(22)13-3-5-14(18)6-4-13/h3-6,12H,7-11H2,1-2H3,(H,19,22)(H,20,21). The van der Waals surface area contributed by atoms with Gasteiger partial charge in [0, 0.05) is 38.7 Å². The molecule has 0 radical (unpaired) electrons. The SMILES string of the molecule is COC1(C(C)NC(=O)CNC(=O)c2ccc(F)cc2)CCOCC1. The number of halogens is 1. The average molecular weight is 338 g/mol. The van der Waals surface area contributed by atoms with E-state index in [4.69, 9.17) is 9.47 Å². The molecule has 0 aliphatic carbocycles. The molecule has 1 unspecified atom stereocenters. The van der Waals surface area contributed by atoms with Gasteiger partial charge in [-0.1, -0.05) is 0 Å². The molecule has 1 aromatic rings. The van der Waals surface area contributed by atoms with Crippen molar-refractivity contribution in [2.24, 2.45) is 0 Å². The first-order chi connectivity index (χ1) is 11.5. The second-order valence-electron chi connectivity index (χ2n) is 5.86.